The van der Waals surface area contributed by atoms with Gasteiger partial charge in [0.25, 0.3) is 0 Å². The number of ether oxygens (including phenoxy) is 2. The molecule has 2 heterocycles. The van der Waals surface area contributed by atoms with E-state index in [0.717, 1.165) is 17.6 Å². The highest BCUT2D eigenvalue weighted by Gasteiger charge is 2.28. The molecule has 1 aromatic carbocycles. The molecule has 1 aliphatic heterocycles. The minimum atomic E-state index is -4.45. The zero-order chi connectivity index (χ0) is 21.3. The molecule has 0 fully saturated rings. The lowest BCUT2D eigenvalue weighted by atomic mass is 10.0. The van der Waals surface area contributed by atoms with Gasteiger partial charge in [-0.25, -0.2) is 14.8 Å². The van der Waals surface area contributed by atoms with Gasteiger partial charge in [-0.05, 0) is 18.1 Å². The molecule has 7 nitrogen and oxygen atoms in total. The first-order valence-electron chi connectivity index (χ1n) is 9.14. The molecular formula is C19H23F3N4O3. The predicted octanol–water partition coefficient (Wildman–Crippen LogP) is 3.25. The molecule has 0 saturated carbocycles. The number of carbonyl (C=O) groups is 1. The molecule has 158 valence electrons. The number of urea groups is 1. The second-order valence-electron chi connectivity index (χ2n) is 5.90. The third kappa shape index (κ3) is 7.47. The van der Waals surface area contributed by atoms with E-state index in [4.69, 9.17) is 4.74 Å². The Morgan fingerprint density at radius 1 is 1.28 bits per heavy atom. The lowest BCUT2D eigenvalue weighted by Crippen LogP contribution is -2.47. The van der Waals surface area contributed by atoms with Gasteiger partial charge in [0.05, 0.1) is 18.3 Å². The number of hydrogen-bond donors (Lipinski definition) is 2. The summed E-state index contributed by atoms with van der Waals surface area (Å²) in [5.74, 6) is 0.597. The average Bonchev–Trinajstić information content (AvgIpc) is 2.72. The highest BCUT2D eigenvalue weighted by atomic mass is 19.4. The maximum absolute atomic E-state index is 12.2. The molecule has 0 bridgehead atoms. The molecule has 1 atom stereocenters. The highest BCUT2D eigenvalue weighted by Crippen LogP contribution is 2.23. The number of alkyl halides is 3. The first-order chi connectivity index (χ1) is 13.9. The summed E-state index contributed by atoms with van der Waals surface area (Å²) in [7, 11) is 0. The second-order valence-corrected chi connectivity index (χ2v) is 5.90. The van der Waals surface area contributed by atoms with E-state index in [1.54, 1.807) is 0 Å². The summed E-state index contributed by atoms with van der Waals surface area (Å²) in [6.07, 6.45) is -2.73. The molecular weight excluding hydrogens is 389 g/mol. The van der Waals surface area contributed by atoms with Crippen molar-refractivity contribution in [1.29, 1.82) is 0 Å². The van der Waals surface area contributed by atoms with Gasteiger partial charge in [0.15, 0.2) is 6.61 Å². The van der Waals surface area contributed by atoms with Crippen LogP contribution in [0.15, 0.2) is 36.7 Å². The van der Waals surface area contributed by atoms with E-state index in [0.29, 0.717) is 18.7 Å². The van der Waals surface area contributed by atoms with E-state index in [-0.39, 0.29) is 18.5 Å². The minimum Gasteiger partial charge on any atom is -0.491 e. The zero-order valence-corrected chi connectivity index (χ0v) is 16.1. The first-order valence-corrected chi connectivity index (χ1v) is 9.14. The molecule has 0 aliphatic carbocycles. The van der Waals surface area contributed by atoms with Gasteiger partial charge in [0.1, 0.15) is 18.7 Å². The normalized spacial score (nSPS) is 15.1. The number of para-hydroxylation sites is 1. The lowest BCUT2D eigenvalue weighted by Gasteiger charge is -2.26. The Morgan fingerprint density at radius 2 is 2.03 bits per heavy atom. The second kappa shape index (κ2) is 10.5. The maximum Gasteiger partial charge on any atom is 0.422 e. The van der Waals surface area contributed by atoms with Crippen molar-refractivity contribution in [3.63, 3.8) is 0 Å². The number of nitrogens with zero attached hydrogens (tertiary/aromatic N) is 2. The smallest absolute Gasteiger partial charge is 0.422 e. The van der Waals surface area contributed by atoms with Gasteiger partial charge in [-0.3, -0.25) is 0 Å². The van der Waals surface area contributed by atoms with Gasteiger partial charge in [0.2, 0.25) is 5.88 Å². The van der Waals surface area contributed by atoms with Crippen molar-refractivity contribution in [3.05, 3.63) is 47.9 Å². The molecule has 3 rings (SSSR count). The number of carbonyl (C=O) groups excluding carboxylic acids is 1. The van der Waals surface area contributed by atoms with Gasteiger partial charge in [-0.15, -0.1) is 0 Å². The molecule has 1 aliphatic rings. The molecule has 1 unspecified atom stereocenters. The van der Waals surface area contributed by atoms with Crippen LogP contribution >= 0.6 is 0 Å². The van der Waals surface area contributed by atoms with Gasteiger partial charge >= 0.3 is 12.2 Å². The van der Waals surface area contributed by atoms with E-state index in [1.807, 2.05) is 38.1 Å². The van der Waals surface area contributed by atoms with E-state index in [1.165, 1.54) is 6.07 Å². The summed E-state index contributed by atoms with van der Waals surface area (Å²) in [4.78, 5) is 19.5. The predicted molar refractivity (Wildman–Crippen MR) is 99.7 cm³/mol. The SMILES string of the molecule is CC.O=C(NCc1cc(OCC(F)(F)F)ncn1)NC1COc2ccccc2C1. The number of nitrogens with one attached hydrogen (secondary N) is 2. The monoisotopic (exact) mass is 412 g/mol. The quantitative estimate of drug-likeness (QED) is 0.788. The van der Waals surface area contributed by atoms with Crippen LogP contribution in [0.25, 0.3) is 0 Å². The summed E-state index contributed by atoms with van der Waals surface area (Å²) in [5.41, 5.74) is 1.33. The topological polar surface area (TPSA) is 85.4 Å². The number of fused-ring (bicyclic) bond motifs is 1. The number of rotatable bonds is 5. The standard InChI is InChI=1S/C17H17F3N4O3.C2H6/c18-17(19,20)9-27-15-6-12(22-10-23-15)7-21-16(25)24-13-5-11-3-1-2-4-14(11)26-8-13;1-2/h1-4,6,10,13H,5,7-9H2,(H2,21,24,25);1-2H3. The van der Waals surface area contributed by atoms with Crippen LogP contribution in [0.5, 0.6) is 11.6 Å². The van der Waals surface area contributed by atoms with Crippen LogP contribution < -0.4 is 20.1 Å². The van der Waals surface area contributed by atoms with Crippen molar-refractivity contribution in [2.75, 3.05) is 13.2 Å². The Bertz CT molecular complexity index is 802. The zero-order valence-electron chi connectivity index (χ0n) is 16.1. The van der Waals surface area contributed by atoms with Crippen LogP contribution in [0.1, 0.15) is 25.1 Å². The van der Waals surface area contributed by atoms with Crippen LogP contribution in [-0.2, 0) is 13.0 Å². The Morgan fingerprint density at radius 3 is 2.79 bits per heavy atom. The molecule has 1 aromatic heterocycles. The third-order valence-corrected chi connectivity index (χ3v) is 3.73. The van der Waals surface area contributed by atoms with Gasteiger partial charge in [0, 0.05) is 6.07 Å². The maximum atomic E-state index is 12.2. The van der Waals surface area contributed by atoms with Crippen molar-refractivity contribution in [3.8, 4) is 11.6 Å². The molecule has 0 spiro atoms. The fraction of sp³-hybridized carbons (Fsp3) is 0.421. The fourth-order valence-electron chi connectivity index (χ4n) is 2.54. The molecule has 2 N–H and O–H groups in total. The van der Waals surface area contributed by atoms with E-state index in [2.05, 4.69) is 25.3 Å². The Labute approximate surface area is 166 Å². The van der Waals surface area contributed by atoms with Crippen LogP contribution in [0.2, 0.25) is 0 Å². The average molecular weight is 412 g/mol. The minimum absolute atomic E-state index is 0.0148. The third-order valence-electron chi connectivity index (χ3n) is 3.73. The lowest BCUT2D eigenvalue weighted by molar-refractivity contribution is -0.154. The summed E-state index contributed by atoms with van der Waals surface area (Å²) in [6, 6.07) is 8.22. The Kier molecular flexibility index (Phi) is 8.05. The van der Waals surface area contributed by atoms with Crippen LogP contribution in [0.3, 0.4) is 0 Å². The molecule has 0 saturated heterocycles. The summed E-state index contributed by atoms with van der Waals surface area (Å²) < 4.78 is 46.7. The van der Waals surface area contributed by atoms with Crippen LogP contribution in [0.4, 0.5) is 18.0 Å². The van der Waals surface area contributed by atoms with E-state index in [9.17, 15) is 18.0 Å². The highest BCUT2D eigenvalue weighted by molar-refractivity contribution is 5.74. The number of halogens is 3. The van der Waals surface area contributed by atoms with E-state index >= 15 is 0 Å². The fourth-order valence-corrected chi connectivity index (χ4v) is 2.54. The Balaban J connectivity index is 0.00000145. The van der Waals surface area contributed by atoms with Gasteiger partial charge < -0.3 is 20.1 Å². The first kappa shape index (κ1) is 22.3. The van der Waals surface area contributed by atoms with Gasteiger partial charge in [-0.2, -0.15) is 13.2 Å². The summed E-state index contributed by atoms with van der Waals surface area (Å²) >= 11 is 0. The number of amides is 2. The molecule has 29 heavy (non-hydrogen) atoms. The molecule has 10 heteroatoms. The van der Waals surface area contributed by atoms with Crippen molar-refractivity contribution in [1.82, 2.24) is 20.6 Å². The summed E-state index contributed by atoms with van der Waals surface area (Å²) in [5, 5.41) is 5.39. The van der Waals surface area contributed by atoms with Crippen molar-refractivity contribution in [2.24, 2.45) is 0 Å². The Hall–Kier alpha value is -3.04. The van der Waals surface area contributed by atoms with Crippen molar-refractivity contribution in [2.45, 2.75) is 39.0 Å². The van der Waals surface area contributed by atoms with Gasteiger partial charge in [-0.1, -0.05) is 32.0 Å². The van der Waals surface area contributed by atoms with Crippen molar-refractivity contribution >= 4 is 6.03 Å². The number of aromatic nitrogens is 2. The molecule has 2 amide bonds. The van der Waals surface area contributed by atoms with Crippen LogP contribution in [-0.4, -0.2) is 41.4 Å². The molecule has 0 radical (unpaired) electrons. The number of hydrogen-bond acceptors (Lipinski definition) is 5. The van der Waals surface area contributed by atoms with E-state index < -0.39 is 18.8 Å². The molecule has 2 aromatic rings. The van der Waals surface area contributed by atoms with Crippen molar-refractivity contribution < 1.29 is 27.4 Å². The number of benzene rings is 1. The summed E-state index contributed by atoms with van der Waals surface area (Å²) in [6.45, 7) is 2.93. The largest absolute Gasteiger partial charge is 0.491 e. The van der Waals surface area contributed by atoms with Crippen LogP contribution in [0, 0.1) is 0 Å².